The molecule has 3 aromatic rings. The van der Waals surface area contributed by atoms with Crippen LogP contribution in [0, 0.1) is 0 Å². The summed E-state index contributed by atoms with van der Waals surface area (Å²) in [5, 5.41) is 6.43. The lowest BCUT2D eigenvalue weighted by atomic mass is 10.2. The number of aromatic nitrogens is 2. The molecule has 0 aliphatic heterocycles. The minimum absolute atomic E-state index is 0.0195. The van der Waals surface area contributed by atoms with Gasteiger partial charge in [-0.25, -0.2) is 0 Å². The summed E-state index contributed by atoms with van der Waals surface area (Å²) in [6.45, 7) is 0.00504. The lowest BCUT2D eigenvalue weighted by Gasteiger charge is -2.16. The third-order valence-corrected chi connectivity index (χ3v) is 4.47. The molecule has 0 atom stereocenters. The van der Waals surface area contributed by atoms with Gasteiger partial charge in [0.05, 0.1) is 11.8 Å². The van der Waals surface area contributed by atoms with Crippen LogP contribution in [0.5, 0.6) is 5.75 Å². The van der Waals surface area contributed by atoms with E-state index in [1.165, 1.54) is 12.1 Å². The highest BCUT2D eigenvalue weighted by Crippen LogP contribution is 2.30. The molecular formula is C22H21F3N4O3. The van der Waals surface area contributed by atoms with Gasteiger partial charge in [0.1, 0.15) is 5.75 Å². The number of halogens is 3. The number of hydrogen-bond donors (Lipinski definition) is 1. The number of hydrogen-bond acceptors (Lipinski definition) is 4. The number of alkyl halides is 3. The highest BCUT2D eigenvalue weighted by molar-refractivity contribution is 5.94. The van der Waals surface area contributed by atoms with Gasteiger partial charge in [0.25, 0.3) is 11.8 Å². The Morgan fingerprint density at radius 1 is 1.16 bits per heavy atom. The summed E-state index contributed by atoms with van der Waals surface area (Å²) in [5.41, 5.74) is 0.503. The Labute approximate surface area is 182 Å². The van der Waals surface area contributed by atoms with E-state index in [4.69, 9.17) is 4.74 Å². The normalized spacial score (nSPS) is 11.2. The third-order valence-electron chi connectivity index (χ3n) is 4.47. The summed E-state index contributed by atoms with van der Waals surface area (Å²) in [6, 6.07) is 10.6. The number of benzene rings is 2. The standard InChI is InChI=1S/C22H21F3N4O3/c1-28(12-15-11-26-29(2)13-15)21(31)16-6-8-19(9-7-16)32-14-20(30)27-18-5-3-4-17(10-18)22(23,24)25/h3-11,13H,12,14H2,1-2H3,(H,27,30). The predicted molar refractivity (Wildman–Crippen MR) is 111 cm³/mol. The Morgan fingerprint density at radius 2 is 1.88 bits per heavy atom. The van der Waals surface area contributed by atoms with Crippen molar-refractivity contribution in [2.45, 2.75) is 12.7 Å². The minimum Gasteiger partial charge on any atom is -0.484 e. The number of anilines is 1. The van der Waals surface area contributed by atoms with Crippen molar-refractivity contribution in [2.24, 2.45) is 7.05 Å². The van der Waals surface area contributed by atoms with E-state index in [0.717, 1.165) is 17.7 Å². The first-order valence-electron chi connectivity index (χ1n) is 9.55. The molecule has 10 heteroatoms. The molecule has 0 aliphatic rings. The molecule has 1 N–H and O–H groups in total. The molecule has 2 aromatic carbocycles. The summed E-state index contributed by atoms with van der Waals surface area (Å²) in [6.07, 6.45) is -0.987. The SMILES string of the molecule is CN(Cc1cnn(C)c1)C(=O)c1ccc(OCC(=O)Nc2cccc(C(F)(F)F)c2)cc1. The number of ether oxygens (including phenoxy) is 1. The molecule has 1 aromatic heterocycles. The average Bonchev–Trinajstić information content (AvgIpc) is 3.16. The summed E-state index contributed by atoms with van der Waals surface area (Å²) >= 11 is 0. The van der Waals surface area contributed by atoms with E-state index in [0.29, 0.717) is 17.9 Å². The van der Waals surface area contributed by atoms with E-state index in [9.17, 15) is 22.8 Å². The fourth-order valence-corrected chi connectivity index (χ4v) is 2.93. The van der Waals surface area contributed by atoms with Crippen LogP contribution >= 0.6 is 0 Å². The van der Waals surface area contributed by atoms with Crippen LogP contribution in [-0.2, 0) is 24.6 Å². The van der Waals surface area contributed by atoms with Crippen LogP contribution in [0.2, 0.25) is 0 Å². The Hall–Kier alpha value is -3.82. The largest absolute Gasteiger partial charge is 0.484 e. The molecule has 0 spiro atoms. The minimum atomic E-state index is -4.50. The van der Waals surface area contributed by atoms with E-state index >= 15 is 0 Å². The van der Waals surface area contributed by atoms with Crippen molar-refractivity contribution in [3.05, 3.63) is 77.6 Å². The van der Waals surface area contributed by atoms with Crippen molar-refractivity contribution in [1.82, 2.24) is 14.7 Å². The van der Waals surface area contributed by atoms with E-state index < -0.39 is 24.3 Å². The smallest absolute Gasteiger partial charge is 0.416 e. The molecule has 2 amide bonds. The van der Waals surface area contributed by atoms with Gasteiger partial charge in [-0.1, -0.05) is 6.07 Å². The van der Waals surface area contributed by atoms with Crippen LogP contribution in [0.1, 0.15) is 21.5 Å². The summed E-state index contributed by atoms with van der Waals surface area (Å²) in [7, 11) is 3.47. The number of carbonyl (C=O) groups excluding carboxylic acids is 2. The first-order valence-corrected chi connectivity index (χ1v) is 9.55. The first-order chi connectivity index (χ1) is 15.1. The topological polar surface area (TPSA) is 76.5 Å². The van der Waals surface area contributed by atoms with Gasteiger partial charge in [0.15, 0.2) is 6.61 Å². The lowest BCUT2D eigenvalue weighted by Crippen LogP contribution is -2.26. The highest BCUT2D eigenvalue weighted by Gasteiger charge is 2.30. The third kappa shape index (κ3) is 6.10. The van der Waals surface area contributed by atoms with Gasteiger partial charge in [0, 0.05) is 43.7 Å². The number of rotatable bonds is 7. The van der Waals surface area contributed by atoms with E-state index in [1.54, 1.807) is 54.1 Å². The number of nitrogens with one attached hydrogen (secondary N) is 1. The fraction of sp³-hybridized carbons (Fsp3) is 0.227. The highest BCUT2D eigenvalue weighted by atomic mass is 19.4. The van der Waals surface area contributed by atoms with Crippen LogP contribution in [0.4, 0.5) is 18.9 Å². The van der Waals surface area contributed by atoms with Crippen molar-refractivity contribution < 1.29 is 27.5 Å². The zero-order valence-corrected chi connectivity index (χ0v) is 17.4. The van der Waals surface area contributed by atoms with Gasteiger partial charge in [-0.3, -0.25) is 14.3 Å². The van der Waals surface area contributed by atoms with Gasteiger partial charge in [-0.05, 0) is 42.5 Å². The molecule has 1 heterocycles. The second-order valence-corrected chi connectivity index (χ2v) is 7.12. The van der Waals surface area contributed by atoms with Gasteiger partial charge in [-0.2, -0.15) is 18.3 Å². The quantitative estimate of drug-likeness (QED) is 0.600. The second kappa shape index (κ2) is 9.54. The maximum atomic E-state index is 12.8. The van der Waals surface area contributed by atoms with Gasteiger partial charge in [0.2, 0.25) is 0 Å². The molecule has 168 valence electrons. The lowest BCUT2D eigenvalue weighted by molar-refractivity contribution is -0.137. The van der Waals surface area contributed by atoms with Crippen molar-refractivity contribution >= 4 is 17.5 Å². The first kappa shape index (κ1) is 22.9. The van der Waals surface area contributed by atoms with Gasteiger partial charge in [-0.15, -0.1) is 0 Å². The molecule has 32 heavy (non-hydrogen) atoms. The summed E-state index contributed by atoms with van der Waals surface area (Å²) < 4.78 is 45.3. The molecule has 0 aliphatic carbocycles. The summed E-state index contributed by atoms with van der Waals surface area (Å²) in [4.78, 5) is 26.1. The van der Waals surface area contributed by atoms with Gasteiger partial charge >= 0.3 is 6.18 Å². The molecule has 0 radical (unpaired) electrons. The number of carbonyl (C=O) groups is 2. The van der Waals surface area contributed by atoms with Crippen molar-refractivity contribution in [2.75, 3.05) is 19.0 Å². The number of amides is 2. The molecule has 0 saturated heterocycles. The van der Waals surface area contributed by atoms with Crippen LogP contribution < -0.4 is 10.1 Å². The van der Waals surface area contributed by atoms with E-state index in [2.05, 4.69) is 10.4 Å². The Balaban J connectivity index is 1.52. The zero-order chi connectivity index (χ0) is 23.3. The van der Waals surface area contributed by atoms with Gasteiger partial charge < -0.3 is 15.0 Å². The van der Waals surface area contributed by atoms with Crippen LogP contribution in [0.15, 0.2) is 60.9 Å². The summed E-state index contributed by atoms with van der Waals surface area (Å²) in [5.74, 6) is -0.459. The molecule has 3 rings (SSSR count). The van der Waals surface area contributed by atoms with Crippen molar-refractivity contribution in [3.63, 3.8) is 0 Å². The van der Waals surface area contributed by atoms with Crippen molar-refractivity contribution in [1.29, 1.82) is 0 Å². The van der Waals surface area contributed by atoms with Crippen LogP contribution in [0.3, 0.4) is 0 Å². The number of nitrogens with zero attached hydrogens (tertiary/aromatic N) is 3. The Morgan fingerprint density at radius 3 is 2.50 bits per heavy atom. The second-order valence-electron chi connectivity index (χ2n) is 7.12. The van der Waals surface area contributed by atoms with Crippen LogP contribution in [0.25, 0.3) is 0 Å². The zero-order valence-electron chi connectivity index (χ0n) is 17.4. The van der Waals surface area contributed by atoms with E-state index in [-0.39, 0.29) is 11.6 Å². The molecule has 0 fully saturated rings. The molecular weight excluding hydrogens is 425 g/mol. The molecule has 7 nitrogen and oxygen atoms in total. The number of aryl methyl sites for hydroxylation is 1. The molecule has 0 bridgehead atoms. The molecule has 0 saturated carbocycles. The van der Waals surface area contributed by atoms with Crippen LogP contribution in [-0.4, -0.2) is 40.1 Å². The average molecular weight is 446 g/mol. The maximum absolute atomic E-state index is 12.8. The maximum Gasteiger partial charge on any atom is 0.416 e. The monoisotopic (exact) mass is 446 g/mol. The predicted octanol–water partition coefficient (Wildman–Crippen LogP) is 3.73. The fourth-order valence-electron chi connectivity index (χ4n) is 2.93. The Bertz CT molecular complexity index is 1090. The van der Waals surface area contributed by atoms with E-state index in [1.807, 2.05) is 6.20 Å². The van der Waals surface area contributed by atoms with Crippen molar-refractivity contribution in [3.8, 4) is 5.75 Å². The molecule has 0 unspecified atom stereocenters. The Kier molecular flexibility index (Phi) is 6.82.